The van der Waals surface area contributed by atoms with Gasteiger partial charge in [0.05, 0.1) is 7.11 Å². The van der Waals surface area contributed by atoms with Gasteiger partial charge in [0.25, 0.3) is 0 Å². The lowest BCUT2D eigenvalue weighted by molar-refractivity contribution is -0.140. The molecular weight excluding hydrogens is 172 g/mol. The van der Waals surface area contributed by atoms with Gasteiger partial charge in [0.1, 0.15) is 5.25 Å². The zero-order chi connectivity index (χ0) is 9.14. The van der Waals surface area contributed by atoms with Crippen molar-refractivity contribution in [3.63, 3.8) is 0 Å². The molecule has 0 spiro atoms. The van der Waals surface area contributed by atoms with E-state index < -0.39 is 0 Å². The molecule has 3 heteroatoms. The first-order valence-corrected chi connectivity index (χ1v) is 5.32. The Labute approximate surface area is 78.1 Å². The molecule has 0 radical (unpaired) electrons. The van der Waals surface area contributed by atoms with E-state index in [1.54, 1.807) is 11.8 Å². The molecule has 0 aliphatic heterocycles. The Hall–Kier alpha value is -0.180. The molecule has 0 aromatic heterocycles. The number of carbonyl (C=O) groups excluding carboxylic acids is 1. The Morgan fingerprint density at radius 3 is 2.42 bits per heavy atom. The van der Waals surface area contributed by atoms with Crippen LogP contribution < -0.4 is 0 Å². The molecule has 0 aromatic rings. The van der Waals surface area contributed by atoms with Gasteiger partial charge in [0, 0.05) is 0 Å². The summed E-state index contributed by atoms with van der Waals surface area (Å²) < 4.78 is 4.75. The fourth-order valence-electron chi connectivity index (χ4n) is 1.17. The van der Waals surface area contributed by atoms with E-state index in [2.05, 4.69) is 13.8 Å². The summed E-state index contributed by atoms with van der Waals surface area (Å²) in [5.74, 6) is 0.543. The second kappa shape index (κ2) is 4.17. The maximum atomic E-state index is 11.3. The first-order valence-electron chi connectivity index (χ1n) is 4.38. The third-order valence-electron chi connectivity index (χ3n) is 1.90. The molecule has 0 saturated heterocycles. The lowest BCUT2D eigenvalue weighted by Crippen LogP contribution is -2.22. The highest BCUT2D eigenvalue weighted by Crippen LogP contribution is 2.40. The highest BCUT2D eigenvalue weighted by atomic mass is 32.2. The van der Waals surface area contributed by atoms with Gasteiger partial charge in [-0.2, -0.15) is 0 Å². The van der Waals surface area contributed by atoms with Crippen LogP contribution in [0.4, 0.5) is 0 Å². The number of hydrogen-bond donors (Lipinski definition) is 0. The molecule has 1 rings (SSSR count). The average molecular weight is 188 g/mol. The van der Waals surface area contributed by atoms with Gasteiger partial charge in [0.15, 0.2) is 0 Å². The Kier molecular flexibility index (Phi) is 3.44. The van der Waals surface area contributed by atoms with E-state index in [0.717, 1.165) is 0 Å². The largest absolute Gasteiger partial charge is 0.468 e. The van der Waals surface area contributed by atoms with Gasteiger partial charge in [-0.25, -0.2) is 0 Å². The van der Waals surface area contributed by atoms with Crippen LogP contribution in [0.1, 0.15) is 26.7 Å². The van der Waals surface area contributed by atoms with Crippen LogP contribution in [0, 0.1) is 5.92 Å². The molecule has 1 saturated carbocycles. The van der Waals surface area contributed by atoms with Crippen molar-refractivity contribution in [2.75, 3.05) is 7.11 Å². The fraction of sp³-hybridized carbons (Fsp3) is 0.889. The summed E-state index contributed by atoms with van der Waals surface area (Å²) in [7, 11) is 1.47. The van der Waals surface area contributed by atoms with Crippen molar-refractivity contribution >= 4 is 17.7 Å². The zero-order valence-electron chi connectivity index (χ0n) is 7.87. The van der Waals surface area contributed by atoms with Gasteiger partial charge < -0.3 is 4.74 Å². The minimum atomic E-state index is -0.0452. The standard InChI is InChI=1S/C9H16O2S/c1-6(2)12-8(7-4-5-7)9(10)11-3/h6-8H,4-5H2,1-3H3. The van der Waals surface area contributed by atoms with E-state index >= 15 is 0 Å². The van der Waals surface area contributed by atoms with Gasteiger partial charge in [-0.05, 0) is 24.0 Å². The summed E-state index contributed by atoms with van der Waals surface area (Å²) in [5.41, 5.74) is 0. The summed E-state index contributed by atoms with van der Waals surface area (Å²) in [5, 5.41) is 0.602. The third kappa shape index (κ3) is 2.70. The smallest absolute Gasteiger partial charge is 0.319 e. The van der Waals surface area contributed by atoms with Crippen molar-refractivity contribution < 1.29 is 9.53 Å². The molecule has 0 aromatic carbocycles. The molecule has 12 heavy (non-hydrogen) atoms. The van der Waals surface area contributed by atoms with E-state index in [-0.39, 0.29) is 11.2 Å². The van der Waals surface area contributed by atoms with E-state index in [4.69, 9.17) is 4.74 Å². The molecule has 1 aliphatic rings. The third-order valence-corrected chi connectivity index (χ3v) is 3.32. The minimum Gasteiger partial charge on any atom is -0.468 e. The highest BCUT2D eigenvalue weighted by Gasteiger charge is 2.37. The van der Waals surface area contributed by atoms with Gasteiger partial charge >= 0.3 is 5.97 Å². The minimum absolute atomic E-state index is 0.0452. The van der Waals surface area contributed by atoms with Crippen molar-refractivity contribution in [3.05, 3.63) is 0 Å². The molecule has 2 nitrogen and oxygen atoms in total. The van der Waals surface area contributed by atoms with Gasteiger partial charge in [-0.15, -0.1) is 11.8 Å². The van der Waals surface area contributed by atoms with Crippen molar-refractivity contribution in [2.24, 2.45) is 5.92 Å². The van der Waals surface area contributed by atoms with Crippen LogP contribution in [0.2, 0.25) is 0 Å². The molecule has 1 unspecified atom stereocenters. The predicted octanol–water partition coefficient (Wildman–Crippen LogP) is 2.08. The first kappa shape index (κ1) is 9.90. The van der Waals surface area contributed by atoms with Crippen molar-refractivity contribution in [2.45, 2.75) is 37.2 Å². The molecule has 1 atom stereocenters. The molecule has 1 aliphatic carbocycles. The maximum Gasteiger partial charge on any atom is 0.319 e. The molecule has 70 valence electrons. The highest BCUT2D eigenvalue weighted by molar-refractivity contribution is 8.01. The number of esters is 1. The fourth-order valence-corrected chi connectivity index (χ4v) is 2.46. The van der Waals surface area contributed by atoms with Crippen LogP contribution in [-0.2, 0) is 9.53 Å². The van der Waals surface area contributed by atoms with Crippen LogP contribution in [0.3, 0.4) is 0 Å². The number of ether oxygens (including phenoxy) is 1. The zero-order valence-corrected chi connectivity index (χ0v) is 8.69. The van der Waals surface area contributed by atoms with Crippen LogP contribution in [-0.4, -0.2) is 23.6 Å². The molecule has 0 bridgehead atoms. The van der Waals surface area contributed by atoms with Crippen LogP contribution >= 0.6 is 11.8 Å². The van der Waals surface area contributed by atoms with E-state index in [1.807, 2.05) is 0 Å². The average Bonchev–Trinajstić information content (AvgIpc) is 2.81. The topological polar surface area (TPSA) is 26.3 Å². The second-order valence-corrected chi connectivity index (χ2v) is 5.19. The number of thioether (sulfide) groups is 1. The second-order valence-electron chi connectivity index (χ2n) is 3.47. The van der Waals surface area contributed by atoms with E-state index in [1.165, 1.54) is 20.0 Å². The van der Waals surface area contributed by atoms with Crippen molar-refractivity contribution in [1.29, 1.82) is 0 Å². The molecule has 0 N–H and O–H groups in total. The van der Waals surface area contributed by atoms with Gasteiger partial charge in [-0.3, -0.25) is 4.79 Å². The van der Waals surface area contributed by atoms with E-state index in [0.29, 0.717) is 11.2 Å². The Morgan fingerprint density at radius 2 is 2.08 bits per heavy atom. The predicted molar refractivity (Wildman–Crippen MR) is 51.3 cm³/mol. The summed E-state index contributed by atoms with van der Waals surface area (Å²) in [6, 6.07) is 0. The normalized spacial score (nSPS) is 19.3. The lowest BCUT2D eigenvalue weighted by Gasteiger charge is -2.15. The van der Waals surface area contributed by atoms with Crippen LogP contribution in [0.15, 0.2) is 0 Å². The first-order chi connectivity index (χ1) is 5.65. The van der Waals surface area contributed by atoms with E-state index in [9.17, 15) is 4.79 Å². The number of rotatable bonds is 4. The summed E-state index contributed by atoms with van der Waals surface area (Å²) in [6.45, 7) is 4.23. The maximum absolute atomic E-state index is 11.3. The number of hydrogen-bond acceptors (Lipinski definition) is 3. The van der Waals surface area contributed by atoms with Gasteiger partial charge in [0.2, 0.25) is 0 Å². The number of methoxy groups -OCH3 is 1. The number of carbonyl (C=O) groups is 1. The summed E-state index contributed by atoms with van der Waals surface area (Å²) >= 11 is 1.73. The molecule has 0 heterocycles. The molecule has 1 fully saturated rings. The monoisotopic (exact) mass is 188 g/mol. The van der Waals surface area contributed by atoms with Crippen molar-refractivity contribution in [1.82, 2.24) is 0 Å². The summed E-state index contributed by atoms with van der Waals surface area (Å²) in [4.78, 5) is 11.3. The van der Waals surface area contributed by atoms with Crippen LogP contribution in [0.25, 0.3) is 0 Å². The molecular formula is C9H16O2S. The quantitative estimate of drug-likeness (QED) is 0.632. The summed E-state index contributed by atoms with van der Waals surface area (Å²) in [6.07, 6.45) is 2.39. The Morgan fingerprint density at radius 1 is 1.50 bits per heavy atom. The molecule has 0 amide bonds. The van der Waals surface area contributed by atoms with Gasteiger partial charge in [-0.1, -0.05) is 13.8 Å². The SMILES string of the molecule is COC(=O)C(SC(C)C)C1CC1. The lowest BCUT2D eigenvalue weighted by atomic mass is 10.3. The van der Waals surface area contributed by atoms with Crippen molar-refractivity contribution in [3.8, 4) is 0 Å². The van der Waals surface area contributed by atoms with Crippen LogP contribution in [0.5, 0.6) is 0 Å². The Bertz CT molecular complexity index is 164. The Balaban J connectivity index is 2.42.